The molecule has 6 heteroatoms. The summed E-state index contributed by atoms with van der Waals surface area (Å²) in [5.41, 5.74) is 3.29. The Balaban J connectivity index is 1.49. The number of aryl methyl sites for hydroxylation is 1. The first-order valence-corrected chi connectivity index (χ1v) is 8.94. The first-order chi connectivity index (χ1) is 12.1. The Morgan fingerprint density at radius 1 is 1.24 bits per heavy atom. The molecular formula is C19H23FN4O. The summed E-state index contributed by atoms with van der Waals surface area (Å²) in [6, 6.07) is 5.57. The van der Waals surface area contributed by atoms with Crippen LogP contribution in [0.1, 0.15) is 35.5 Å². The minimum atomic E-state index is -0.137. The number of H-pyrrole nitrogens is 1. The van der Waals surface area contributed by atoms with Crippen LogP contribution < -0.4 is 10.5 Å². The third-order valence-corrected chi connectivity index (χ3v) is 5.14. The van der Waals surface area contributed by atoms with Gasteiger partial charge in [0.1, 0.15) is 11.6 Å². The lowest BCUT2D eigenvalue weighted by Crippen LogP contribution is -2.35. The highest BCUT2D eigenvalue weighted by Crippen LogP contribution is 2.25. The van der Waals surface area contributed by atoms with Gasteiger partial charge in [-0.3, -0.25) is 9.69 Å². The van der Waals surface area contributed by atoms with Gasteiger partial charge in [-0.25, -0.2) is 9.37 Å². The molecule has 0 atom stereocenters. The molecule has 4 rings (SSSR count). The molecule has 2 aliphatic heterocycles. The average molecular weight is 342 g/mol. The van der Waals surface area contributed by atoms with E-state index in [4.69, 9.17) is 0 Å². The highest BCUT2D eigenvalue weighted by Gasteiger charge is 2.21. The van der Waals surface area contributed by atoms with E-state index in [0.29, 0.717) is 31.0 Å². The molecule has 0 amide bonds. The van der Waals surface area contributed by atoms with Crippen molar-refractivity contribution < 1.29 is 4.39 Å². The van der Waals surface area contributed by atoms with Gasteiger partial charge in [0.2, 0.25) is 0 Å². The molecule has 0 unspecified atom stereocenters. The van der Waals surface area contributed by atoms with Crippen LogP contribution in [0.15, 0.2) is 23.0 Å². The zero-order valence-corrected chi connectivity index (χ0v) is 14.5. The fourth-order valence-electron chi connectivity index (χ4n) is 3.87. The van der Waals surface area contributed by atoms with Gasteiger partial charge in [0.15, 0.2) is 0 Å². The van der Waals surface area contributed by atoms with Gasteiger partial charge in [0.05, 0.1) is 11.4 Å². The Morgan fingerprint density at radius 3 is 2.80 bits per heavy atom. The monoisotopic (exact) mass is 342 g/mol. The quantitative estimate of drug-likeness (QED) is 0.930. The van der Waals surface area contributed by atoms with Crippen molar-refractivity contribution >= 4 is 5.69 Å². The summed E-state index contributed by atoms with van der Waals surface area (Å²) in [5.74, 6) is 0.508. The van der Waals surface area contributed by atoms with Crippen LogP contribution >= 0.6 is 0 Å². The molecule has 1 fully saturated rings. The summed E-state index contributed by atoms with van der Waals surface area (Å²) < 4.78 is 14.5. The van der Waals surface area contributed by atoms with Crippen molar-refractivity contribution in [2.45, 2.75) is 39.3 Å². The van der Waals surface area contributed by atoms with E-state index in [9.17, 15) is 9.18 Å². The molecule has 1 saturated heterocycles. The molecule has 0 radical (unpaired) electrons. The van der Waals surface area contributed by atoms with Gasteiger partial charge in [-0.2, -0.15) is 0 Å². The third-order valence-electron chi connectivity index (χ3n) is 5.14. The van der Waals surface area contributed by atoms with E-state index < -0.39 is 0 Å². The SMILES string of the molecule is Cc1nc2c(c(=O)[nH]1)CCN(Cc1ccc(N3CCCC3)c(F)c1)C2. The molecule has 0 saturated carbocycles. The van der Waals surface area contributed by atoms with Crippen LogP contribution in [0.5, 0.6) is 0 Å². The minimum absolute atomic E-state index is 0.0249. The van der Waals surface area contributed by atoms with Crippen LogP contribution in [0.25, 0.3) is 0 Å². The summed E-state index contributed by atoms with van der Waals surface area (Å²) in [6.07, 6.45) is 2.96. The lowest BCUT2D eigenvalue weighted by Gasteiger charge is -2.28. The maximum Gasteiger partial charge on any atom is 0.254 e. The molecule has 1 aromatic carbocycles. The van der Waals surface area contributed by atoms with Crippen molar-refractivity contribution in [3.63, 3.8) is 0 Å². The molecule has 0 aliphatic carbocycles. The summed E-state index contributed by atoms with van der Waals surface area (Å²) >= 11 is 0. The van der Waals surface area contributed by atoms with E-state index in [0.717, 1.165) is 49.3 Å². The number of nitrogens with zero attached hydrogens (tertiary/aromatic N) is 3. The van der Waals surface area contributed by atoms with E-state index in [2.05, 4.69) is 19.8 Å². The van der Waals surface area contributed by atoms with Crippen molar-refractivity contribution in [2.75, 3.05) is 24.5 Å². The highest BCUT2D eigenvalue weighted by atomic mass is 19.1. The van der Waals surface area contributed by atoms with Gasteiger partial charge in [-0.15, -0.1) is 0 Å². The molecule has 3 heterocycles. The standard InChI is InChI=1S/C19H23FN4O/c1-13-21-17-12-23(9-6-15(17)19(25)22-13)11-14-4-5-18(16(20)10-14)24-7-2-3-8-24/h4-5,10H,2-3,6-9,11-12H2,1H3,(H,21,22,25). The highest BCUT2D eigenvalue weighted by molar-refractivity contribution is 5.49. The van der Waals surface area contributed by atoms with E-state index >= 15 is 0 Å². The van der Waals surface area contributed by atoms with Crippen molar-refractivity contribution in [1.29, 1.82) is 0 Å². The number of aromatic amines is 1. The maximum absolute atomic E-state index is 14.5. The number of hydrogen-bond donors (Lipinski definition) is 1. The Bertz CT molecular complexity index is 842. The van der Waals surface area contributed by atoms with Crippen LogP contribution in [0, 0.1) is 12.7 Å². The van der Waals surface area contributed by atoms with Crippen LogP contribution in [0.3, 0.4) is 0 Å². The minimum Gasteiger partial charge on any atom is -0.369 e. The summed E-state index contributed by atoms with van der Waals surface area (Å²) in [5, 5.41) is 0. The molecule has 132 valence electrons. The molecule has 1 aromatic heterocycles. The molecule has 1 N–H and O–H groups in total. The van der Waals surface area contributed by atoms with E-state index in [1.165, 1.54) is 0 Å². The van der Waals surface area contributed by atoms with Gasteiger partial charge in [0, 0.05) is 38.3 Å². The lowest BCUT2D eigenvalue weighted by atomic mass is 10.1. The Morgan fingerprint density at radius 2 is 2.04 bits per heavy atom. The van der Waals surface area contributed by atoms with Crippen LogP contribution in [0.4, 0.5) is 10.1 Å². The summed E-state index contributed by atoms with van der Waals surface area (Å²) in [6.45, 7) is 5.78. The second-order valence-electron chi connectivity index (χ2n) is 7.02. The number of halogens is 1. The third kappa shape index (κ3) is 3.31. The molecule has 25 heavy (non-hydrogen) atoms. The van der Waals surface area contributed by atoms with Gasteiger partial charge < -0.3 is 9.88 Å². The second-order valence-corrected chi connectivity index (χ2v) is 7.02. The number of rotatable bonds is 3. The van der Waals surface area contributed by atoms with Gasteiger partial charge in [-0.1, -0.05) is 6.07 Å². The normalized spacial score (nSPS) is 17.8. The number of anilines is 1. The summed E-state index contributed by atoms with van der Waals surface area (Å²) in [4.78, 5) is 23.6. The zero-order chi connectivity index (χ0) is 17.4. The predicted octanol–water partition coefficient (Wildman–Crippen LogP) is 2.38. The van der Waals surface area contributed by atoms with Crippen molar-refractivity contribution in [2.24, 2.45) is 0 Å². The predicted molar refractivity (Wildman–Crippen MR) is 95.3 cm³/mol. The van der Waals surface area contributed by atoms with Crippen LogP contribution in [-0.4, -0.2) is 34.5 Å². The number of aromatic nitrogens is 2. The van der Waals surface area contributed by atoms with Crippen molar-refractivity contribution in [3.05, 3.63) is 57.0 Å². The van der Waals surface area contributed by atoms with Crippen LogP contribution in [-0.2, 0) is 19.5 Å². The van der Waals surface area contributed by atoms with Gasteiger partial charge in [0.25, 0.3) is 5.56 Å². The first-order valence-electron chi connectivity index (χ1n) is 8.94. The van der Waals surface area contributed by atoms with Gasteiger partial charge in [-0.05, 0) is 43.9 Å². The van der Waals surface area contributed by atoms with Gasteiger partial charge >= 0.3 is 0 Å². The maximum atomic E-state index is 14.5. The number of hydrogen-bond acceptors (Lipinski definition) is 4. The van der Waals surface area contributed by atoms with Crippen molar-refractivity contribution in [3.8, 4) is 0 Å². The van der Waals surface area contributed by atoms with Crippen LogP contribution in [0.2, 0.25) is 0 Å². The second kappa shape index (κ2) is 6.59. The average Bonchev–Trinajstić information content (AvgIpc) is 3.08. The molecule has 0 spiro atoms. The number of fused-ring (bicyclic) bond motifs is 1. The Hall–Kier alpha value is -2.21. The smallest absolute Gasteiger partial charge is 0.254 e. The fraction of sp³-hybridized carbons (Fsp3) is 0.474. The van der Waals surface area contributed by atoms with E-state index in [-0.39, 0.29) is 11.4 Å². The largest absolute Gasteiger partial charge is 0.369 e. The number of benzene rings is 1. The van der Waals surface area contributed by atoms with E-state index in [1.54, 1.807) is 13.0 Å². The Labute approximate surface area is 146 Å². The topological polar surface area (TPSA) is 52.2 Å². The molecule has 5 nitrogen and oxygen atoms in total. The summed E-state index contributed by atoms with van der Waals surface area (Å²) in [7, 11) is 0. The Kier molecular flexibility index (Phi) is 4.29. The molecule has 2 aromatic rings. The molecule has 0 bridgehead atoms. The molecule has 2 aliphatic rings. The zero-order valence-electron chi connectivity index (χ0n) is 14.5. The lowest BCUT2D eigenvalue weighted by molar-refractivity contribution is 0.240. The fourth-order valence-corrected chi connectivity index (χ4v) is 3.87. The van der Waals surface area contributed by atoms with E-state index in [1.807, 2.05) is 12.1 Å². The first kappa shape index (κ1) is 16.3. The van der Waals surface area contributed by atoms with Crippen molar-refractivity contribution in [1.82, 2.24) is 14.9 Å². The molecular weight excluding hydrogens is 319 g/mol. The number of nitrogens with one attached hydrogen (secondary N) is 1.